The summed E-state index contributed by atoms with van der Waals surface area (Å²) in [7, 11) is 0. The van der Waals surface area contributed by atoms with Gasteiger partial charge in [0.25, 0.3) is 0 Å². The highest BCUT2D eigenvalue weighted by molar-refractivity contribution is 6.04. The number of aromatic nitrogens is 1. The molecule has 1 saturated heterocycles. The molecular formula is C28H22F2N2O3. The van der Waals surface area contributed by atoms with Crippen LogP contribution >= 0.6 is 0 Å². The Morgan fingerprint density at radius 3 is 2.43 bits per heavy atom. The molecule has 1 N–H and O–H groups in total. The summed E-state index contributed by atoms with van der Waals surface area (Å²) in [6.07, 6.45) is 3.22. The van der Waals surface area contributed by atoms with Crippen molar-refractivity contribution in [3.05, 3.63) is 88.6 Å². The number of rotatable bonds is 4. The first-order chi connectivity index (χ1) is 17.0. The Labute approximate surface area is 200 Å². The smallest absolute Gasteiger partial charge is 0.335 e. The minimum atomic E-state index is -1.02. The summed E-state index contributed by atoms with van der Waals surface area (Å²) in [5.74, 6) is -1.60. The SMILES string of the molecule is O=C(O)c1ccc(-c2c(C3CCOCC3)n(-c3ccc(F)cc3)c3cc4c(c(F)c23)CN=C4)cc1. The summed E-state index contributed by atoms with van der Waals surface area (Å²) in [6, 6.07) is 14.7. The van der Waals surface area contributed by atoms with E-state index in [1.54, 1.807) is 42.6 Å². The van der Waals surface area contributed by atoms with E-state index in [1.807, 2.05) is 10.6 Å². The molecule has 0 saturated carbocycles. The van der Waals surface area contributed by atoms with Gasteiger partial charge in [-0.2, -0.15) is 0 Å². The van der Waals surface area contributed by atoms with Gasteiger partial charge in [-0.05, 0) is 60.9 Å². The molecule has 7 heteroatoms. The summed E-state index contributed by atoms with van der Waals surface area (Å²) < 4.78 is 37.7. The average molecular weight is 472 g/mol. The van der Waals surface area contributed by atoms with Gasteiger partial charge in [0.1, 0.15) is 11.6 Å². The normalized spacial score (nSPS) is 15.6. The predicted molar refractivity (Wildman–Crippen MR) is 130 cm³/mol. The molecule has 1 aromatic heterocycles. The van der Waals surface area contributed by atoms with Gasteiger partial charge >= 0.3 is 5.97 Å². The van der Waals surface area contributed by atoms with E-state index >= 15 is 4.39 Å². The number of halogens is 2. The van der Waals surface area contributed by atoms with Crippen molar-refractivity contribution in [2.75, 3.05) is 13.2 Å². The van der Waals surface area contributed by atoms with E-state index in [4.69, 9.17) is 4.74 Å². The highest BCUT2D eigenvalue weighted by Gasteiger charge is 2.31. The van der Waals surface area contributed by atoms with Gasteiger partial charge in [-0.1, -0.05) is 12.1 Å². The topological polar surface area (TPSA) is 63.8 Å². The maximum Gasteiger partial charge on any atom is 0.335 e. The number of aliphatic imine (C=N–C) groups is 1. The number of hydrogen-bond acceptors (Lipinski definition) is 3. The Morgan fingerprint density at radius 1 is 1.03 bits per heavy atom. The third-order valence-corrected chi connectivity index (χ3v) is 6.96. The molecular weight excluding hydrogens is 450 g/mol. The maximum absolute atomic E-state index is 16.2. The van der Waals surface area contributed by atoms with Crippen molar-refractivity contribution < 1.29 is 23.4 Å². The fraction of sp³-hybridized carbons (Fsp3) is 0.214. The highest BCUT2D eigenvalue weighted by Crippen LogP contribution is 2.46. The van der Waals surface area contributed by atoms with Gasteiger partial charge in [0.05, 0.1) is 17.6 Å². The van der Waals surface area contributed by atoms with Crippen molar-refractivity contribution in [3.8, 4) is 16.8 Å². The first-order valence-electron chi connectivity index (χ1n) is 11.6. The van der Waals surface area contributed by atoms with Crippen molar-refractivity contribution >= 4 is 23.1 Å². The van der Waals surface area contributed by atoms with E-state index in [0.29, 0.717) is 29.7 Å². The van der Waals surface area contributed by atoms with Gasteiger partial charge in [0.2, 0.25) is 0 Å². The number of ether oxygens (including phenoxy) is 1. The van der Waals surface area contributed by atoms with Gasteiger partial charge in [-0.3, -0.25) is 4.99 Å². The molecule has 0 spiro atoms. The van der Waals surface area contributed by atoms with Crippen molar-refractivity contribution in [2.24, 2.45) is 4.99 Å². The zero-order chi connectivity index (χ0) is 24.1. The van der Waals surface area contributed by atoms with Crippen LogP contribution in [0.25, 0.3) is 27.7 Å². The van der Waals surface area contributed by atoms with Crippen molar-refractivity contribution in [2.45, 2.75) is 25.3 Å². The predicted octanol–water partition coefficient (Wildman–Crippen LogP) is 6.10. The summed E-state index contributed by atoms with van der Waals surface area (Å²) in [6.45, 7) is 1.47. The molecule has 2 aliphatic rings. The van der Waals surface area contributed by atoms with Crippen LogP contribution in [0.1, 0.15) is 45.9 Å². The number of carbonyl (C=O) groups is 1. The van der Waals surface area contributed by atoms with Crippen LogP contribution in [0.4, 0.5) is 8.78 Å². The van der Waals surface area contributed by atoms with Crippen molar-refractivity contribution in [1.29, 1.82) is 0 Å². The standard InChI is InChI=1S/C28H22F2N2O3/c29-20-5-7-21(8-6-20)32-23-13-19-14-31-15-22(19)26(30)25(23)24(27(32)17-9-11-35-12-10-17)16-1-3-18(4-2-16)28(33)34/h1-8,13-14,17H,9-12,15H2,(H,33,34). The number of benzene rings is 3. The Morgan fingerprint density at radius 2 is 1.74 bits per heavy atom. The van der Waals surface area contributed by atoms with E-state index in [2.05, 4.69) is 4.99 Å². The fourth-order valence-electron chi connectivity index (χ4n) is 5.29. The third kappa shape index (κ3) is 3.54. The third-order valence-electron chi connectivity index (χ3n) is 6.96. The van der Waals surface area contributed by atoms with Crippen LogP contribution < -0.4 is 0 Å². The molecule has 3 aromatic carbocycles. The van der Waals surface area contributed by atoms with Crippen LogP contribution in [0.15, 0.2) is 59.6 Å². The van der Waals surface area contributed by atoms with E-state index < -0.39 is 5.97 Å². The van der Waals surface area contributed by atoms with Gasteiger partial charge in [-0.15, -0.1) is 0 Å². The maximum atomic E-state index is 16.2. The second-order valence-corrected chi connectivity index (χ2v) is 8.96. The van der Waals surface area contributed by atoms with Gasteiger partial charge < -0.3 is 14.4 Å². The number of carboxylic acids is 1. The lowest BCUT2D eigenvalue weighted by atomic mass is 9.89. The molecule has 3 heterocycles. The van der Waals surface area contributed by atoms with E-state index in [-0.39, 0.29) is 29.7 Å². The molecule has 0 bridgehead atoms. The largest absolute Gasteiger partial charge is 0.478 e. The number of hydrogen-bond donors (Lipinski definition) is 1. The molecule has 0 radical (unpaired) electrons. The molecule has 1 fully saturated rings. The van der Waals surface area contributed by atoms with Crippen molar-refractivity contribution in [3.63, 3.8) is 0 Å². The molecule has 6 rings (SSSR count). The lowest BCUT2D eigenvalue weighted by molar-refractivity contribution is 0.0697. The average Bonchev–Trinajstić information content (AvgIpc) is 3.49. The minimum Gasteiger partial charge on any atom is -0.478 e. The quantitative estimate of drug-likeness (QED) is 0.390. The Bertz CT molecular complexity index is 1480. The van der Waals surface area contributed by atoms with E-state index in [0.717, 1.165) is 40.9 Å². The molecule has 0 aliphatic carbocycles. The van der Waals surface area contributed by atoms with Crippen LogP contribution in [-0.2, 0) is 11.3 Å². The highest BCUT2D eigenvalue weighted by atomic mass is 19.1. The van der Waals surface area contributed by atoms with Crippen LogP contribution in [-0.4, -0.2) is 35.1 Å². The van der Waals surface area contributed by atoms with Gasteiger partial charge in [0.15, 0.2) is 0 Å². The Balaban J connectivity index is 1.73. The second kappa shape index (κ2) is 8.43. The summed E-state index contributed by atoms with van der Waals surface area (Å²) >= 11 is 0. The Hall–Kier alpha value is -3.84. The number of carboxylic acid groups (broad SMARTS) is 1. The van der Waals surface area contributed by atoms with E-state index in [1.165, 1.54) is 12.1 Å². The number of aromatic carboxylic acids is 1. The minimum absolute atomic E-state index is 0.0817. The lowest BCUT2D eigenvalue weighted by Crippen LogP contribution is -2.17. The van der Waals surface area contributed by atoms with E-state index in [9.17, 15) is 14.3 Å². The summed E-state index contributed by atoms with van der Waals surface area (Å²) in [5, 5.41) is 9.85. The lowest BCUT2D eigenvalue weighted by Gasteiger charge is -2.26. The fourth-order valence-corrected chi connectivity index (χ4v) is 5.29. The molecule has 0 unspecified atom stereocenters. The Kier molecular flexibility index (Phi) is 5.22. The number of nitrogens with zero attached hydrogens (tertiary/aromatic N) is 2. The van der Waals surface area contributed by atoms with Gasteiger partial charge in [-0.25, -0.2) is 13.6 Å². The first-order valence-corrected chi connectivity index (χ1v) is 11.6. The zero-order valence-corrected chi connectivity index (χ0v) is 18.8. The van der Waals surface area contributed by atoms with Gasteiger partial charge in [0, 0.05) is 58.8 Å². The molecule has 35 heavy (non-hydrogen) atoms. The second-order valence-electron chi connectivity index (χ2n) is 8.96. The van der Waals surface area contributed by atoms with Crippen LogP contribution in [0, 0.1) is 11.6 Å². The molecule has 4 aromatic rings. The van der Waals surface area contributed by atoms with Crippen LogP contribution in [0.2, 0.25) is 0 Å². The van der Waals surface area contributed by atoms with Crippen LogP contribution in [0.3, 0.4) is 0 Å². The first kappa shape index (κ1) is 21.7. The molecule has 5 nitrogen and oxygen atoms in total. The van der Waals surface area contributed by atoms with Crippen LogP contribution in [0.5, 0.6) is 0 Å². The molecule has 2 aliphatic heterocycles. The monoisotopic (exact) mass is 472 g/mol. The zero-order valence-electron chi connectivity index (χ0n) is 18.8. The molecule has 176 valence electrons. The molecule has 0 amide bonds. The summed E-state index contributed by atoms with van der Waals surface area (Å²) in [5.41, 5.74) is 5.27. The van der Waals surface area contributed by atoms with Crippen molar-refractivity contribution in [1.82, 2.24) is 4.57 Å². The molecule has 0 atom stereocenters. The number of fused-ring (bicyclic) bond motifs is 2. The summed E-state index contributed by atoms with van der Waals surface area (Å²) in [4.78, 5) is 15.7.